The SMILES string of the molecule is Cc1cc(/C=C/C#N)cc(C)c1Oc1cc(Nc2ccc(C#N)cc2)c([N+](=O)[O-])cc1[N+](=O)[O-]. The van der Waals surface area contributed by atoms with Crippen molar-refractivity contribution in [3.63, 3.8) is 0 Å². The van der Waals surface area contributed by atoms with Gasteiger partial charge in [0.2, 0.25) is 5.75 Å². The summed E-state index contributed by atoms with van der Waals surface area (Å²) in [4.78, 5) is 21.8. The summed E-state index contributed by atoms with van der Waals surface area (Å²) in [7, 11) is 0. The first kappa shape index (κ1) is 23.4. The van der Waals surface area contributed by atoms with Gasteiger partial charge in [-0.2, -0.15) is 10.5 Å². The molecule has 10 nitrogen and oxygen atoms in total. The Bertz CT molecular complexity index is 1380. The highest BCUT2D eigenvalue weighted by molar-refractivity contribution is 5.76. The predicted octanol–water partition coefficient (Wildman–Crippen LogP) is 6.06. The molecule has 0 heterocycles. The second-order valence-electron chi connectivity index (χ2n) is 7.21. The molecule has 0 saturated heterocycles. The van der Waals surface area contributed by atoms with Crippen molar-refractivity contribution in [3.8, 4) is 23.6 Å². The van der Waals surface area contributed by atoms with E-state index >= 15 is 0 Å². The highest BCUT2D eigenvalue weighted by Crippen LogP contribution is 2.42. The Morgan fingerprint density at radius 3 is 2.09 bits per heavy atom. The first-order valence-electron chi connectivity index (χ1n) is 9.82. The average Bonchev–Trinajstić information content (AvgIpc) is 2.80. The van der Waals surface area contributed by atoms with Crippen molar-refractivity contribution < 1.29 is 14.6 Å². The number of rotatable bonds is 7. The fraction of sp³-hybridized carbons (Fsp3) is 0.0833. The Balaban J connectivity index is 2.09. The molecule has 1 N–H and O–H groups in total. The van der Waals surface area contributed by atoms with Crippen LogP contribution >= 0.6 is 0 Å². The number of allylic oxidation sites excluding steroid dienone is 1. The third kappa shape index (κ3) is 5.15. The molecule has 10 heteroatoms. The number of hydrogen-bond donors (Lipinski definition) is 1. The van der Waals surface area contributed by atoms with E-state index in [-0.39, 0.29) is 11.4 Å². The van der Waals surface area contributed by atoms with Crippen molar-refractivity contribution in [1.29, 1.82) is 10.5 Å². The lowest BCUT2D eigenvalue weighted by molar-refractivity contribution is -0.394. The van der Waals surface area contributed by atoms with Gasteiger partial charge in [-0.1, -0.05) is 0 Å². The van der Waals surface area contributed by atoms with Crippen LogP contribution in [0.1, 0.15) is 22.3 Å². The number of anilines is 2. The molecule has 34 heavy (non-hydrogen) atoms. The minimum Gasteiger partial charge on any atom is -0.449 e. The van der Waals surface area contributed by atoms with E-state index in [2.05, 4.69) is 5.32 Å². The monoisotopic (exact) mass is 455 g/mol. The Labute approximate surface area is 194 Å². The molecular weight excluding hydrogens is 438 g/mol. The second-order valence-corrected chi connectivity index (χ2v) is 7.21. The van der Waals surface area contributed by atoms with Gasteiger partial charge in [0.1, 0.15) is 17.5 Å². The molecule has 0 radical (unpaired) electrons. The van der Waals surface area contributed by atoms with Crippen molar-refractivity contribution in [2.24, 2.45) is 0 Å². The third-order valence-corrected chi connectivity index (χ3v) is 4.81. The first-order chi connectivity index (χ1) is 16.2. The first-order valence-corrected chi connectivity index (χ1v) is 9.82. The van der Waals surface area contributed by atoms with Gasteiger partial charge in [-0.05, 0) is 73.0 Å². The molecule has 0 amide bonds. The zero-order chi connectivity index (χ0) is 24.8. The Kier molecular flexibility index (Phi) is 6.85. The highest BCUT2D eigenvalue weighted by Gasteiger charge is 2.27. The quantitative estimate of drug-likeness (QED) is 0.256. The van der Waals surface area contributed by atoms with Crippen LogP contribution in [0, 0.1) is 56.7 Å². The number of hydrogen-bond acceptors (Lipinski definition) is 8. The fourth-order valence-corrected chi connectivity index (χ4v) is 3.30. The van der Waals surface area contributed by atoms with E-state index in [1.165, 1.54) is 24.3 Å². The number of ether oxygens (including phenoxy) is 1. The summed E-state index contributed by atoms with van der Waals surface area (Å²) in [6.07, 6.45) is 2.95. The van der Waals surface area contributed by atoms with Gasteiger partial charge in [-0.15, -0.1) is 0 Å². The number of nitro groups is 2. The van der Waals surface area contributed by atoms with Gasteiger partial charge in [0.15, 0.2) is 0 Å². The molecule has 3 aromatic carbocycles. The van der Waals surface area contributed by atoms with Crippen LogP contribution in [0.2, 0.25) is 0 Å². The summed E-state index contributed by atoms with van der Waals surface area (Å²) in [6.45, 7) is 3.50. The maximum absolute atomic E-state index is 11.7. The number of benzene rings is 3. The molecule has 0 aliphatic rings. The molecule has 0 atom stereocenters. The van der Waals surface area contributed by atoms with Crippen LogP contribution in [0.15, 0.2) is 54.6 Å². The molecular formula is C24H17N5O5. The second kappa shape index (κ2) is 9.94. The Morgan fingerprint density at radius 1 is 0.941 bits per heavy atom. The molecule has 0 aliphatic carbocycles. The molecule has 0 aromatic heterocycles. The van der Waals surface area contributed by atoms with Gasteiger partial charge < -0.3 is 10.1 Å². The van der Waals surface area contributed by atoms with E-state index in [4.69, 9.17) is 15.3 Å². The van der Waals surface area contributed by atoms with Crippen LogP contribution < -0.4 is 10.1 Å². The van der Waals surface area contributed by atoms with Gasteiger partial charge in [0.25, 0.3) is 5.69 Å². The summed E-state index contributed by atoms with van der Waals surface area (Å²) in [5.41, 5.74) is 1.84. The maximum Gasteiger partial charge on any atom is 0.318 e. The lowest BCUT2D eigenvalue weighted by Crippen LogP contribution is -2.02. The van der Waals surface area contributed by atoms with E-state index in [9.17, 15) is 20.2 Å². The number of nitro benzene ring substituents is 2. The van der Waals surface area contributed by atoms with E-state index in [0.717, 1.165) is 11.6 Å². The summed E-state index contributed by atoms with van der Waals surface area (Å²) >= 11 is 0. The minimum absolute atomic E-state index is 0.0146. The van der Waals surface area contributed by atoms with Gasteiger partial charge in [-0.25, -0.2) is 0 Å². The van der Waals surface area contributed by atoms with Gasteiger partial charge in [0.05, 0.1) is 27.5 Å². The third-order valence-electron chi connectivity index (χ3n) is 4.81. The van der Waals surface area contributed by atoms with E-state index in [0.29, 0.717) is 28.1 Å². The van der Waals surface area contributed by atoms with Crippen molar-refractivity contribution in [1.82, 2.24) is 0 Å². The van der Waals surface area contributed by atoms with Crippen LogP contribution in [-0.4, -0.2) is 9.85 Å². The standard InChI is InChI=1S/C24H17N5O5/c1-15-10-18(4-3-9-25)11-16(2)24(15)34-23-12-20(21(28(30)31)13-22(23)29(32)33)27-19-7-5-17(14-26)6-8-19/h3-8,10-13,27H,1-2H3/b4-3+. The largest absolute Gasteiger partial charge is 0.449 e. The summed E-state index contributed by atoms with van der Waals surface area (Å²) in [6, 6.07) is 15.6. The van der Waals surface area contributed by atoms with Crippen molar-refractivity contribution >= 4 is 28.8 Å². The Hall–Kier alpha value is -5.22. The van der Waals surface area contributed by atoms with E-state index in [1.54, 1.807) is 44.2 Å². The summed E-state index contributed by atoms with van der Waals surface area (Å²) < 4.78 is 5.91. The van der Waals surface area contributed by atoms with Crippen molar-refractivity contribution in [3.05, 3.63) is 97.1 Å². The number of aryl methyl sites for hydroxylation is 2. The van der Waals surface area contributed by atoms with Crippen LogP contribution in [0.5, 0.6) is 11.5 Å². The zero-order valence-electron chi connectivity index (χ0n) is 18.1. The van der Waals surface area contributed by atoms with Crippen LogP contribution in [0.3, 0.4) is 0 Å². The Morgan fingerprint density at radius 2 is 1.56 bits per heavy atom. The van der Waals surface area contributed by atoms with E-state index < -0.39 is 21.2 Å². The molecule has 3 aromatic rings. The van der Waals surface area contributed by atoms with Gasteiger partial charge in [-0.3, -0.25) is 20.2 Å². The smallest absolute Gasteiger partial charge is 0.318 e. The van der Waals surface area contributed by atoms with E-state index in [1.807, 2.05) is 12.1 Å². The lowest BCUT2D eigenvalue weighted by atomic mass is 10.1. The minimum atomic E-state index is -0.748. The van der Waals surface area contributed by atoms with Crippen LogP contribution in [0.4, 0.5) is 22.7 Å². The molecule has 3 rings (SSSR count). The molecule has 0 aliphatic heterocycles. The number of nitriles is 2. The average molecular weight is 455 g/mol. The summed E-state index contributed by atoms with van der Waals surface area (Å²) in [5.74, 6) is 0.175. The van der Waals surface area contributed by atoms with Gasteiger partial charge in [0, 0.05) is 17.8 Å². The fourth-order valence-electron chi connectivity index (χ4n) is 3.30. The molecule has 0 unspecified atom stereocenters. The van der Waals surface area contributed by atoms with Crippen LogP contribution in [-0.2, 0) is 0 Å². The molecule has 0 fully saturated rings. The molecule has 0 bridgehead atoms. The summed E-state index contributed by atoms with van der Waals surface area (Å²) in [5, 5.41) is 43.8. The highest BCUT2D eigenvalue weighted by atomic mass is 16.6. The topological polar surface area (TPSA) is 155 Å². The predicted molar refractivity (Wildman–Crippen MR) is 125 cm³/mol. The van der Waals surface area contributed by atoms with Crippen LogP contribution in [0.25, 0.3) is 6.08 Å². The molecule has 0 spiro atoms. The normalized spacial score (nSPS) is 10.4. The van der Waals surface area contributed by atoms with Gasteiger partial charge >= 0.3 is 5.69 Å². The van der Waals surface area contributed by atoms with Crippen molar-refractivity contribution in [2.75, 3.05) is 5.32 Å². The zero-order valence-corrected chi connectivity index (χ0v) is 18.1. The molecule has 168 valence electrons. The van der Waals surface area contributed by atoms with Crippen molar-refractivity contribution in [2.45, 2.75) is 13.8 Å². The lowest BCUT2D eigenvalue weighted by Gasteiger charge is -2.15. The molecule has 0 saturated carbocycles. The maximum atomic E-state index is 11.7. The number of nitrogens with zero attached hydrogens (tertiary/aromatic N) is 4. The number of nitrogens with one attached hydrogen (secondary N) is 1.